The zero-order valence-corrected chi connectivity index (χ0v) is 9.33. The van der Waals surface area contributed by atoms with E-state index in [9.17, 15) is 0 Å². The summed E-state index contributed by atoms with van der Waals surface area (Å²) in [5.41, 5.74) is 0.452. The fraction of sp³-hybridized carbons (Fsp3) is 1.00. The standard InChI is InChI=1S/C12H21NO/c1-9-3-4-11-10(9)5-6-13(2)12(11)7-14-8-12/h9-11H,3-8H2,1-2H3. The molecule has 3 fully saturated rings. The van der Waals surface area contributed by atoms with Crippen LogP contribution in [-0.4, -0.2) is 37.2 Å². The summed E-state index contributed by atoms with van der Waals surface area (Å²) in [7, 11) is 2.29. The van der Waals surface area contributed by atoms with Gasteiger partial charge in [0.1, 0.15) is 0 Å². The lowest BCUT2D eigenvalue weighted by Crippen LogP contribution is -2.68. The molecule has 3 unspecified atom stereocenters. The van der Waals surface area contributed by atoms with Crippen LogP contribution in [0.15, 0.2) is 0 Å². The molecule has 3 atom stereocenters. The number of piperidine rings is 1. The fourth-order valence-electron chi connectivity index (χ4n) is 4.01. The molecule has 1 aliphatic carbocycles. The van der Waals surface area contributed by atoms with Crippen molar-refractivity contribution in [3.05, 3.63) is 0 Å². The van der Waals surface area contributed by atoms with Gasteiger partial charge in [0.25, 0.3) is 0 Å². The normalized spacial score (nSPS) is 46.3. The summed E-state index contributed by atoms with van der Waals surface area (Å²) in [6.45, 7) is 5.73. The zero-order chi connectivity index (χ0) is 9.76. The lowest BCUT2D eigenvalue weighted by atomic mass is 9.69. The van der Waals surface area contributed by atoms with Crippen LogP contribution in [-0.2, 0) is 4.74 Å². The molecule has 0 aromatic rings. The second-order valence-electron chi connectivity index (χ2n) is 5.63. The van der Waals surface area contributed by atoms with Gasteiger partial charge in [-0.05, 0) is 44.2 Å². The first-order valence-corrected chi connectivity index (χ1v) is 6.03. The summed E-state index contributed by atoms with van der Waals surface area (Å²) in [5, 5.41) is 0. The van der Waals surface area contributed by atoms with E-state index in [1.807, 2.05) is 0 Å². The summed E-state index contributed by atoms with van der Waals surface area (Å²) in [5.74, 6) is 2.89. The van der Waals surface area contributed by atoms with Gasteiger partial charge in [-0.2, -0.15) is 0 Å². The third-order valence-corrected chi connectivity index (χ3v) is 5.13. The van der Waals surface area contributed by atoms with E-state index in [1.54, 1.807) is 0 Å². The lowest BCUT2D eigenvalue weighted by Gasteiger charge is -2.57. The van der Waals surface area contributed by atoms with Gasteiger partial charge < -0.3 is 4.74 Å². The molecule has 0 aromatic heterocycles. The summed E-state index contributed by atoms with van der Waals surface area (Å²) >= 11 is 0. The number of hydrogen-bond donors (Lipinski definition) is 0. The van der Waals surface area contributed by atoms with Crippen LogP contribution in [0, 0.1) is 17.8 Å². The number of hydrogen-bond acceptors (Lipinski definition) is 2. The summed E-state index contributed by atoms with van der Waals surface area (Å²) in [6.07, 6.45) is 4.31. The average molecular weight is 195 g/mol. The molecule has 2 heterocycles. The molecule has 3 aliphatic rings. The van der Waals surface area contributed by atoms with E-state index in [-0.39, 0.29) is 0 Å². The first-order chi connectivity index (χ1) is 6.74. The van der Waals surface area contributed by atoms with Gasteiger partial charge in [0.05, 0.1) is 18.8 Å². The lowest BCUT2D eigenvalue weighted by molar-refractivity contribution is -0.186. The first-order valence-electron chi connectivity index (χ1n) is 6.03. The Morgan fingerprint density at radius 3 is 2.64 bits per heavy atom. The molecule has 14 heavy (non-hydrogen) atoms. The molecule has 0 aromatic carbocycles. The molecule has 0 radical (unpaired) electrons. The molecule has 0 amide bonds. The van der Waals surface area contributed by atoms with Crippen molar-refractivity contribution in [3.8, 4) is 0 Å². The van der Waals surface area contributed by atoms with Crippen LogP contribution in [0.2, 0.25) is 0 Å². The van der Waals surface area contributed by atoms with Crippen molar-refractivity contribution in [1.29, 1.82) is 0 Å². The van der Waals surface area contributed by atoms with Gasteiger partial charge >= 0.3 is 0 Å². The molecular formula is C12H21NO. The Morgan fingerprint density at radius 2 is 2.00 bits per heavy atom. The Kier molecular flexibility index (Phi) is 1.94. The van der Waals surface area contributed by atoms with Crippen LogP contribution in [0.5, 0.6) is 0 Å². The highest BCUT2D eigenvalue weighted by atomic mass is 16.5. The van der Waals surface area contributed by atoms with E-state index in [2.05, 4.69) is 18.9 Å². The van der Waals surface area contributed by atoms with Crippen molar-refractivity contribution in [2.45, 2.75) is 31.7 Å². The first kappa shape index (κ1) is 9.17. The number of likely N-dealkylation sites (tertiary alicyclic amines) is 1. The molecule has 2 aliphatic heterocycles. The third-order valence-electron chi connectivity index (χ3n) is 5.13. The van der Waals surface area contributed by atoms with E-state index in [0.717, 1.165) is 31.0 Å². The van der Waals surface area contributed by atoms with Gasteiger partial charge in [0.2, 0.25) is 0 Å². The molecular weight excluding hydrogens is 174 g/mol. The van der Waals surface area contributed by atoms with Crippen molar-refractivity contribution in [3.63, 3.8) is 0 Å². The average Bonchev–Trinajstić information content (AvgIpc) is 2.45. The number of rotatable bonds is 0. The predicted octanol–water partition coefficient (Wildman–Crippen LogP) is 1.75. The SMILES string of the molecule is CC1CCC2C1CCN(C)C21COC1. The van der Waals surface area contributed by atoms with Gasteiger partial charge in [0.15, 0.2) is 0 Å². The number of nitrogens with zero attached hydrogens (tertiary/aromatic N) is 1. The van der Waals surface area contributed by atoms with E-state index in [1.165, 1.54) is 25.8 Å². The van der Waals surface area contributed by atoms with E-state index in [4.69, 9.17) is 4.74 Å². The van der Waals surface area contributed by atoms with Gasteiger partial charge in [-0.15, -0.1) is 0 Å². The minimum Gasteiger partial charge on any atom is -0.377 e. The topological polar surface area (TPSA) is 12.5 Å². The van der Waals surface area contributed by atoms with Crippen LogP contribution in [0.25, 0.3) is 0 Å². The van der Waals surface area contributed by atoms with E-state index in [0.29, 0.717) is 5.54 Å². The van der Waals surface area contributed by atoms with Crippen LogP contribution in [0.4, 0.5) is 0 Å². The molecule has 2 heteroatoms. The number of fused-ring (bicyclic) bond motifs is 2. The quantitative estimate of drug-likeness (QED) is 0.584. The minimum atomic E-state index is 0.452. The molecule has 1 spiro atoms. The van der Waals surface area contributed by atoms with Crippen molar-refractivity contribution in [1.82, 2.24) is 4.90 Å². The van der Waals surface area contributed by atoms with Crippen LogP contribution in [0.1, 0.15) is 26.2 Å². The molecule has 3 rings (SSSR count). The van der Waals surface area contributed by atoms with Crippen molar-refractivity contribution in [2.24, 2.45) is 17.8 Å². The molecule has 80 valence electrons. The largest absolute Gasteiger partial charge is 0.377 e. The summed E-state index contributed by atoms with van der Waals surface area (Å²) in [6, 6.07) is 0. The number of likely N-dealkylation sites (N-methyl/N-ethyl adjacent to an activating group) is 1. The highest BCUT2D eigenvalue weighted by Gasteiger charge is 2.56. The van der Waals surface area contributed by atoms with Crippen LogP contribution in [0.3, 0.4) is 0 Å². The predicted molar refractivity (Wildman–Crippen MR) is 56.2 cm³/mol. The second kappa shape index (κ2) is 2.96. The summed E-state index contributed by atoms with van der Waals surface area (Å²) < 4.78 is 5.49. The molecule has 2 nitrogen and oxygen atoms in total. The second-order valence-corrected chi connectivity index (χ2v) is 5.63. The fourth-order valence-corrected chi connectivity index (χ4v) is 4.01. The van der Waals surface area contributed by atoms with Crippen molar-refractivity contribution in [2.75, 3.05) is 26.8 Å². The van der Waals surface area contributed by atoms with E-state index < -0.39 is 0 Å². The monoisotopic (exact) mass is 195 g/mol. The van der Waals surface area contributed by atoms with Gasteiger partial charge in [0, 0.05) is 0 Å². The highest BCUT2D eigenvalue weighted by molar-refractivity contribution is 5.08. The Balaban J connectivity index is 1.88. The van der Waals surface area contributed by atoms with Gasteiger partial charge in [-0.25, -0.2) is 0 Å². The Labute approximate surface area is 86.6 Å². The maximum absolute atomic E-state index is 5.49. The molecule has 0 bridgehead atoms. The van der Waals surface area contributed by atoms with E-state index >= 15 is 0 Å². The summed E-state index contributed by atoms with van der Waals surface area (Å²) in [4.78, 5) is 2.58. The molecule has 0 N–H and O–H groups in total. The number of ether oxygens (including phenoxy) is 1. The van der Waals surface area contributed by atoms with Crippen molar-refractivity contribution >= 4 is 0 Å². The maximum Gasteiger partial charge on any atom is 0.0707 e. The Hall–Kier alpha value is -0.0800. The highest BCUT2D eigenvalue weighted by Crippen LogP contribution is 2.51. The van der Waals surface area contributed by atoms with Crippen LogP contribution >= 0.6 is 0 Å². The van der Waals surface area contributed by atoms with Gasteiger partial charge in [-0.1, -0.05) is 13.3 Å². The van der Waals surface area contributed by atoms with Crippen LogP contribution < -0.4 is 0 Å². The smallest absolute Gasteiger partial charge is 0.0707 e. The Bertz CT molecular complexity index is 236. The van der Waals surface area contributed by atoms with Crippen molar-refractivity contribution < 1.29 is 4.74 Å². The maximum atomic E-state index is 5.49. The third kappa shape index (κ3) is 0.989. The molecule has 2 saturated heterocycles. The van der Waals surface area contributed by atoms with Gasteiger partial charge in [-0.3, -0.25) is 4.90 Å². The zero-order valence-electron chi connectivity index (χ0n) is 9.33. The minimum absolute atomic E-state index is 0.452. The molecule has 1 saturated carbocycles. The Morgan fingerprint density at radius 1 is 1.21 bits per heavy atom.